The Balaban J connectivity index is 1.69. The summed E-state index contributed by atoms with van der Waals surface area (Å²) in [6.45, 7) is 0. The maximum atomic E-state index is 12.6. The van der Waals surface area contributed by atoms with Crippen LogP contribution in [-0.2, 0) is 4.79 Å². The Hall–Kier alpha value is -2.39. The third kappa shape index (κ3) is 2.68. The third-order valence-electron chi connectivity index (χ3n) is 4.37. The monoisotopic (exact) mass is 322 g/mol. The van der Waals surface area contributed by atoms with Crippen LogP contribution in [0.2, 0.25) is 5.02 Å². The Morgan fingerprint density at radius 3 is 2.65 bits per heavy atom. The molecule has 1 heterocycles. The first kappa shape index (κ1) is 14.2. The van der Waals surface area contributed by atoms with Crippen molar-refractivity contribution in [1.29, 1.82) is 0 Å². The van der Waals surface area contributed by atoms with Crippen LogP contribution in [0.4, 0.5) is 11.4 Å². The van der Waals surface area contributed by atoms with Crippen LogP contribution in [0.15, 0.2) is 64.8 Å². The van der Waals surface area contributed by atoms with Gasteiger partial charge in [0.15, 0.2) is 5.78 Å². The van der Waals surface area contributed by atoms with E-state index in [2.05, 4.69) is 10.3 Å². The summed E-state index contributed by atoms with van der Waals surface area (Å²) in [4.78, 5) is 17.0. The summed E-state index contributed by atoms with van der Waals surface area (Å²) in [6.07, 6.45) is 3.00. The van der Waals surface area contributed by atoms with Gasteiger partial charge in [0.1, 0.15) is 0 Å². The molecule has 0 radical (unpaired) electrons. The molecule has 0 spiro atoms. The Morgan fingerprint density at radius 1 is 1.04 bits per heavy atom. The number of benzene rings is 2. The lowest BCUT2D eigenvalue weighted by molar-refractivity contribution is -0.115. The van der Waals surface area contributed by atoms with E-state index in [1.54, 1.807) is 6.21 Å². The standard InChI is InChI=1S/C19H15ClN2O/c20-14-7-5-12(6-8-14)13-9-18-15(19(23)10-13)11-21-16-3-1-2-4-17(16)22-18/h1-8,11,13,22H,9-10H2/t13-/m0/s1. The van der Waals surface area contributed by atoms with Gasteiger partial charge < -0.3 is 5.32 Å². The van der Waals surface area contributed by atoms with E-state index in [1.807, 2.05) is 48.5 Å². The molecule has 3 nitrogen and oxygen atoms in total. The van der Waals surface area contributed by atoms with Crippen molar-refractivity contribution in [3.63, 3.8) is 0 Å². The van der Waals surface area contributed by atoms with Gasteiger partial charge in [0, 0.05) is 23.4 Å². The predicted molar refractivity (Wildman–Crippen MR) is 93.7 cm³/mol. The number of nitrogens with one attached hydrogen (secondary N) is 1. The van der Waals surface area contributed by atoms with E-state index in [9.17, 15) is 4.79 Å². The second kappa shape index (κ2) is 5.67. The Labute approximate surface area is 139 Å². The minimum absolute atomic E-state index is 0.134. The van der Waals surface area contributed by atoms with Gasteiger partial charge in [0.05, 0.1) is 16.9 Å². The molecule has 0 saturated heterocycles. The average molecular weight is 323 g/mol. The molecule has 1 aliphatic carbocycles. The highest BCUT2D eigenvalue weighted by Gasteiger charge is 2.29. The van der Waals surface area contributed by atoms with Crippen LogP contribution >= 0.6 is 11.6 Å². The summed E-state index contributed by atoms with van der Waals surface area (Å²) in [5.41, 5.74) is 4.60. The summed E-state index contributed by atoms with van der Waals surface area (Å²) in [7, 11) is 0. The summed E-state index contributed by atoms with van der Waals surface area (Å²) in [5.74, 6) is 0.305. The van der Waals surface area contributed by atoms with Gasteiger partial charge in [-0.2, -0.15) is 0 Å². The molecule has 0 amide bonds. The molecule has 23 heavy (non-hydrogen) atoms. The molecule has 114 valence electrons. The van der Waals surface area contributed by atoms with Crippen molar-refractivity contribution in [1.82, 2.24) is 0 Å². The van der Waals surface area contributed by atoms with Gasteiger partial charge in [-0.25, -0.2) is 0 Å². The van der Waals surface area contributed by atoms with Gasteiger partial charge in [0.25, 0.3) is 0 Å². The molecule has 4 heteroatoms. The first-order valence-electron chi connectivity index (χ1n) is 7.62. The van der Waals surface area contributed by atoms with Crippen molar-refractivity contribution < 1.29 is 4.79 Å². The normalized spacial score (nSPS) is 19.7. The van der Waals surface area contributed by atoms with Crippen molar-refractivity contribution in [2.75, 3.05) is 5.32 Å². The van der Waals surface area contributed by atoms with Crippen LogP contribution < -0.4 is 5.32 Å². The van der Waals surface area contributed by atoms with Crippen molar-refractivity contribution in [3.05, 3.63) is 70.4 Å². The highest BCUT2D eigenvalue weighted by atomic mass is 35.5. The minimum atomic E-state index is 0.134. The van der Waals surface area contributed by atoms with Crippen molar-refractivity contribution in [2.45, 2.75) is 18.8 Å². The highest BCUT2D eigenvalue weighted by molar-refractivity contribution is 6.30. The van der Waals surface area contributed by atoms with Crippen molar-refractivity contribution in [3.8, 4) is 0 Å². The lowest BCUT2D eigenvalue weighted by Gasteiger charge is -2.25. The van der Waals surface area contributed by atoms with Crippen LogP contribution in [0.25, 0.3) is 0 Å². The Morgan fingerprint density at radius 2 is 1.83 bits per heavy atom. The van der Waals surface area contributed by atoms with E-state index in [-0.39, 0.29) is 11.7 Å². The Kier molecular flexibility index (Phi) is 3.50. The molecule has 0 aromatic heterocycles. The molecule has 2 aromatic carbocycles. The number of para-hydroxylation sites is 2. The van der Waals surface area contributed by atoms with Gasteiger partial charge in [0.2, 0.25) is 0 Å². The lowest BCUT2D eigenvalue weighted by atomic mass is 9.82. The van der Waals surface area contributed by atoms with Crippen molar-refractivity contribution in [2.24, 2.45) is 4.99 Å². The minimum Gasteiger partial charge on any atom is -0.356 e. The van der Waals surface area contributed by atoms with Gasteiger partial charge in [-0.15, -0.1) is 0 Å². The number of aliphatic imine (C=N–C) groups is 1. The molecule has 0 saturated carbocycles. The molecular weight excluding hydrogens is 308 g/mol. The molecule has 2 aliphatic rings. The van der Waals surface area contributed by atoms with E-state index < -0.39 is 0 Å². The smallest absolute Gasteiger partial charge is 0.166 e. The summed E-state index contributed by atoms with van der Waals surface area (Å²) in [5, 5.41) is 4.12. The molecular formula is C19H15ClN2O. The zero-order valence-electron chi connectivity index (χ0n) is 12.4. The number of hydrogen-bond donors (Lipinski definition) is 1. The maximum absolute atomic E-state index is 12.6. The third-order valence-corrected chi connectivity index (χ3v) is 4.62. The summed E-state index contributed by atoms with van der Waals surface area (Å²) in [6, 6.07) is 15.6. The van der Waals surface area contributed by atoms with E-state index in [0.717, 1.165) is 29.1 Å². The molecule has 4 rings (SSSR count). The average Bonchev–Trinajstić information content (AvgIpc) is 2.74. The molecule has 1 N–H and O–H groups in total. The first-order chi connectivity index (χ1) is 11.2. The number of anilines is 1. The van der Waals surface area contributed by atoms with E-state index in [1.165, 1.54) is 0 Å². The zero-order valence-corrected chi connectivity index (χ0v) is 13.2. The molecule has 0 fully saturated rings. The topological polar surface area (TPSA) is 41.5 Å². The van der Waals surface area contributed by atoms with Gasteiger partial charge in [-0.1, -0.05) is 35.9 Å². The van der Waals surface area contributed by atoms with E-state index in [0.29, 0.717) is 17.0 Å². The molecule has 1 atom stereocenters. The van der Waals surface area contributed by atoms with Crippen LogP contribution in [0.3, 0.4) is 0 Å². The fourth-order valence-corrected chi connectivity index (χ4v) is 3.28. The first-order valence-corrected chi connectivity index (χ1v) is 8.00. The molecule has 2 aromatic rings. The van der Waals surface area contributed by atoms with Gasteiger partial charge >= 0.3 is 0 Å². The predicted octanol–water partition coefficient (Wildman–Crippen LogP) is 4.87. The van der Waals surface area contributed by atoms with Crippen LogP contribution in [0, 0.1) is 0 Å². The van der Waals surface area contributed by atoms with Crippen LogP contribution in [-0.4, -0.2) is 12.0 Å². The number of allylic oxidation sites excluding steroid dienone is 2. The second-order valence-electron chi connectivity index (χ2n) is 5.87. The van der Waals surface area contributed by atoms with Gasteiger partial charge in [-0.3, -0.25) is 9.79 Å². The largest absolute Gasteiger partial charge is 0.356 e. The SMILES string of the molecule is O=C1C[C@@H](c2ccc(Cl)cc2)CC2=C1C=Nc1ccccc1N2. The lowest BCUT2D eigenvalue weighted by Crippen LogP contribution is -2.22. The van der Waals surface area contributed by atoms with E-state index in [4.69, 9.17) is 11.6 Å². The quantitative estimate of drug-likeness (QED) is 0.814. The number of rotatable bonds is 1. The van der Waals surface area contributed by atoms with Crippen LogP contribution in [0.1, 0.15) is 24.3 Å². The molecule has 1 aliphatic heterocycles. The Bertz CT molecular complexity index is 837. The fourth-order valence-electron chi connectivity index (χ4n) is 3.16. The number of Topliss-reactive ketones (excluding diaryl/α,β-unsaturated/α-hetero) is 1. The number of halogens is 1. The number of carbonyl (C=O) groups is 1. The second-order valence-corrected chi connectivity index (χ2v) is 6.31. The van der Waals surface area contributed by atoms with Crippen molar-refractivity contribution >= 4 is 35.0 Å². The summed E-state index contributed by atoms with van der Waals surface area (Å²) < 4.78 is 0. The van der Waals surface area contributed by atoms with E-state index >= 15 is 0 Å². The van der Waals surface area contributed by atoms with Crippen LogP contribution in [0.5, 0.6) is 0 Å². The number of hydrogen-bond acceptors (Lipinski definition) is 3. The number of nitrogens with zero attached hydrogens (tertiary/aromatic N) is 1. The number of fused-ring (bicyclic) bond motifs is 1. The number of carbonyl (C=O) groups excluding carboxylic acids is 1. The highest BCUT2D eigenvalue weighted by Crippen LogP contribution is 2.38. The molecule has 0 unspecified atom stereocenters. The summed E-state index contributed by atoms with van der Waals surface area (Å²) >= 11 is 5.96. The molecule has 0 bridgehead atoms. The number of ketones is 1. The van der Waals surface area contributed by atoms with Gasteiger partial charge in [-0.05, 0) is 42.2 Å². The zero-order chi connectivity index (χ0) is 15.8. The fraction of sp³-hybridized carbons (Fsp3) is 0.158. The maximum Gasteiger partial charge on any atom is 0.166 e.